The van der Waals surface area contributed by atoms with E-state index in [0.29, 0.717) is 30.4 Å². The van der Waals surface area contributed by atoms with Crippen LogP contribution in [0.2, 0.25) is 0 Å². The molecule has 0 aliphatic carbocycles. The summed E-state index contributed by atoms with van der Waals surface area (Å²) in [5.74, 6) is -0.894. The zero-order valence-electron chi connectivity index (χ0n) is 19.7. The van der Waals surface area contributed by atoms with Crippen molar-refractivity contribution in [1.29, 1.82) is 0 Å². The average Bonchev–Trinajstić information content (AvgIpc) is 2.72. The minimum Gasteiger partial charge on any atom is -0.458 e. The van der Waals surface area contributed by atoms with Crippen LogP contribution in [0.1, 0.15) is 40.2 Å². The number of alkyl halides is 12. The summed E-state index contributed by atoms with van der Waals surface area (Å²) in [6, 6.07) is 2.40. The SMILES string of the molecule is C=C(/C=C\C(=C/C)C(C)(C(F)(F)F)C(F)(F)F)Oc1ccc(C(C)(C(F)(F)F)C(F)(F)F)cc1.CC. The number of allylic oxidation sites excluding steroid dienone is 4. The molecule has 0 aromatic heterocycles. The maximum atomic E-state index is 13.2. The lowest BCUT2D eigenvalue weighted by Gasteiger charge is -2.35. The maximum absolute atomic E-state index is 13.2. The number of ether oxygens (including phenoxy) is 1. The number of rotatable bonds is 6. The van der Waals surface area contributed by atoms with Gasteiger partial charge >= 0.3 is 24.7 Å². The van der Waals surface area contributed by atoms with Gasteiger partial charge in [0.05, 0.1) is 0 Å². The molecule has 1 aromatic rings. The Hall–Kier alpha value is -2.60. The normalized spacial score (nSPS) is 14.4. The van der Waals surface area contributed by atoms with Crippen LogP contribution in [0.25, 0.3) is 0 Å². The van der Waals surface area contributed by atoms with Crippen molar-refractivity contribution in [2.75, 3.05) is 0 Å². The van der Waals surface area contributed by atoms with Gasteiger partial charge in [-0.25, -0.2) is 0 Å². The van der Waals surface area contributed by atoms with Crippen LogP contribution in [0, 0.1) is 5.41 Å². The molecule has 0 heterocycles. The third kappa shape index (κ3) is 6.58. The van der Waals surface area contributed by atoms with E-state index < -0.39 is 52.4 Å². The van der Waals surface area contributed by atoms with Gasteiger partial charge in [-0.1, -0.05) is 44.7 Å². The van der Waals surface area contributed by atoms with Crippen LogP contribution in [0.3, 0.4) is 0 Å². The first-order chi connectivity index (χ1) is 16.0. The van der Waals surface area contributed by atoms with Crippen LogP contribution >= 0.6 is 0 Å². The van der Waals surface area contributed by atoms with Crippen molar-refractivity contribution in [3.05, 3.63) is 66.0 Å². The number of hydrogen-bond acceptors (Lipinski definition) is 1. The molecular weight excluding hydrogens is 520 g/mol. The number of halogens is 12. The van der Waals surface area contributed by atoms with Crippen LogP contribution < -0.4 is 4.74 Å². The molecule has 0 saturated carbocycles. The molecule has 0 aliphatic heterocycles. The van der Waals surface area contributed by atoms with E-state index in [2.05, 4.69) is 6.58 Å². The van der Waals surface area contributed by atoms with E-state index in [-0.39, 0.29) is 19.6 Å². The molecule has 0 spiro atoms. The van der Waals surface area contributed by atoms with E-state index in [1.165, 1.54) is 0 Å². The van der Waals surface area contributed by atoms with Gasteiger partial charge in [-0.2, -0.15) is 52.7 Å². The summed E-state index contributed by atoms with van der Waals surface area (Å²) >= 11 is 0. The third-order valence-electron chi connectivity index (χ3n) is 5.29. The van der Waals surface area contributed by atoms with E-state index in [1.54, 1.807) is 0 Å². The third-order valence-corrected chi connectivity index (χ3v) is 5.29. The van der Waals surface area contributed by atoms with Crippen molar-refractivity contribution in [3.63, 3.8) is 0 Å². The van der Waals surface area contributed by atoms with Gasteiger partial charge in [0.2, 0.25) is 0 Å². The molecule has 0 aliphatic rings. The quantitative estimate of drug-likeness (QED) is 0.197. The Labute approximate surface area is 200 Å². The van der Waals surface area contributed by atoms with E-state index in [0.717, 1.165) is 19.1 Å². The summed E-state index contributed by atoms with van der Waals surface area (Å²) < 4.78 is 163. The van der Waals surface area contributed by atoms with Crippen LogP contribution in [0.4, 0.5) is 52.7 Å². The Morgan fingerprint density at radius 1 is 0.694 bits per heavy atom. The Morgan fingerprint density at radius 3 is 1.39 bits per heavy atom. The van der Waals surface area contributed by atoms with Gasteiger partial charge in [-0.15, -0.1) is 0 Å². The Bertz CT molecular complexity index is 898. The second-order valence-corrected chi connectivity index (χ2v) is 7.41. The summed E-state index contributed by atoms with van der Waals surface area (Å²) in [6.45, 7) is 8.08. The first-order valence-corrected chi connectivity index (χ1v) is 10.1. The summed E-state index contributed by atoms with van der Waals surface area (Å²) in [4.78, 5) is 0. The van der Waals surface area contributed by atoms with Crippen molar-refractivity contribution in [3.8, 4) is 5.75 Å². The van der Waals surface area contributed by atoms with Crippen molar-refractivity contribution in [2.45, 2.75) is 64.7 Å². The highest BCUT2D eigenvalue weighted by atomic mass is 19.4. The van der Waals surface area contributed by atoms with Gasteiger partial charge < -0.3 is 4.74 Å². The van der Waals surface area contributed by atoms with Gasteiger partial charge in [0.25, 0.3) is 0 Å². The predicted octanol–water partition coefficient (Wildman–Crippen LogP) is 9.62. The molecule has 206 valence electrons. The number of hydrogen-bond donors (Lipinski definition) is 0. The van der Waals surface area contributed by atoms with Crippen LogP contribution in [-0.4, -0.2) is 24.7 Å². The van der Waals surface area contributed by atoms with Gasteiger partial charge in [-0.05, 0) is 50.1 Å². The predicted molar refractivity (Wildman–Crippen MR) is 110 cm³/mol. The van der Waals surface area contributed by atoms with Gasteiger partial charge in [0.15, 0.2) is 10.8 Å². The largest absolute Gasteiger partial charge is 0.458 e. The lowest BCUT2D eigenvalue weighted by molar-refractivity contribution is -0.318. The lowest BCUT2D eigenvalue weighted by atomic mass is 9.80. The first kappa shape index (κ1) is 33.4. The van der Waals surface area contributed by atoms with Gasteiger partial charge in [0, 0.05) is 0 Å². The summed E-state index contributed by atoms with van der Waals surface area (Å²) in [6.07, 6.45) is -21.1. The molecule has 0 unspecified atom stereocenters. The van der Waals surface area contributed by atoms with E-state index >= 15 is 0 Å². The molecule has 0 N–H and O–H groups in total. The molecule has 1 aromatic carbocycles. The van der Waals surface area contributed by atoms with Gasteiger partial charge in [0.1, 0.15) is 11.5 Å². The summed E-state index contributed by atoms with van der Waals surface area (Å²) in [5.41, 5.74) is -10.8. The van der Waals surface area contributed by atoms with Crippen LogP contribution in [0.5, 0.6) is 5.75 Å². The molecule has 1 rings (SSSR count). The smallest absolute Gasteiger partial charge is 0.406 e. The molecule has 0 fully saturated rings. The second-order valence-electron chi connectivity index (χ2n) is 7.41. The Morgan fingerprint density at radius 2 is 1.08 bits per heavy atom. The summed E-state index contributed by atoms with van der Waals surface area (Å²) in [7, 11) is 0. The molecule has 13 heteroatoms. The molecule has 0 saturated heterocycles. The Balaban J connectivity index is 0.00000596. The molecule has 0 atom stereocenters. The van der Waals surface area contributed by atoms with Crippen molar-refractivity contribution < 1.29 is 57.4 Å². The molecule has 0 radical (unpaired) electrons. The van der Waals surface area contributed by atoms with Crippen LogP contribution in [0.15, 0.2) is 60.4 Å². The highest BCUT2D eigenvalue weighted by Gasteiger charge is 2.69. The highest BCUT2D eigenvalue weighted by molar-refractivity contribution is 5.37. The van der Waals surface area contributed by atoms with Crippen LogP contribution in [-0.2, 0) is 5.41 Å². The van der Waals surface area contributed by atoms with E-state index in [1.807, 2.05) is 13.8 Å². The van der Waals surface area contributed by atoms with E-state index in [4.69, 9.17) is 4.74 Å². The topological polar surface area (TPSA) is 9.23 Å². The number of benzene rings is 1. The monoisotopic (exact) mass is 544 g/mol. The highest BCUT2D eigenvalue weighted by Crippen LogP contribution is 2.55. The minimum absolute atomic E-state index is 0.0541. The Kier molecular flexibility index (Phi) is 10.4. The fraction of sp³-hybridized carbons (Fsp3) is 0.478. The molecule has 0 amide bonds. The standard InChI is InChI=1S/C21H18F12O.C2H6/c1-5-13(16(3,18(22,23)24)19(25,26)27)7-6-12(2)34-15-10-8-14(9-11-15)17(4,20(28,29)30)21(31,32)33;1-2/h5-11H,2H2,1,3-4H3;1-2H3/b7-6-,13-5+;. The maximum Gasteiger partial charge on any atom is 0.406 e. The summed E-state index contributed by atoms with van der Waals surface area (Å²) in [5, 5.41) is 0. The molecule has 36 heavy (non-hydrogen) atoms. The average molecular weight is 544 g/mol. The van der Waals surface area contributed by atoms with Crippen molar-refractivity contribution in [2.24, 2.45) is 5.41 Å². The fourth-order valence-electron chi connectivity index (χ4n) is 2.75. The lowest BCUT2D eigenvalue weighted by Crippen LogP contribution is -2.51. The molecular formula is C23H24F12O. The fourth-order valence-corrected chi connectivity index (χ4v) is 2.75. The van der Waals surface area contributed by atoms with Crippen molar-refractivity contribution in [1.82, 2.24) is 0 Å². The first-order valence-electron chi connectivity index (χ1n) is 10.1. The minimum atomic E-state index is -5.71. The van der Waals surface area contributed by atoms with E-state index in [9.17, 15) is 52.7 Å². The van der Waals surface area contributed by atoms with Crippen molar-refractivity contribution >= 4 is 0 Å². The second kappa shape index (κ2) is 11.2. The molecule has 0 bridgehead atoms. The molecule has 1 nitrogen and oxygen atoms in total. The zero-order valence-corrected chi connectivity index (χ0v) is 19.7. The van der Waals surface area contributed by atoms with Gasteiger partial charge in [-0.3, -0.25) is 0 Å². The zero-order chi connectivity index (χ0) is 29.0.